The Bertz CT molecular complexity index is 777. The van der Waals surface area contributed by atoms with Crippen LogP contribution in [0.2, 0.25) is 0 Å². The Balaban J connectivity index is 1.56. The van der Waals surface area contributed by atoms with E-state index in [1.165, 1.54) is 11.8 Å². The van der Waals surface area contributed by atoms with Crippen molar-refractivity contribution in [3.8, 4) is 17.5 Å². The zero-order chi connectivity index (χ0) is 17.2. The van der Waals surface area contributed by atoms with Crippen LogP contribution >= 0.6 is 11.8 Å². The first-order chi connectivity index (χ1) is 11.5. The number of nitrogens with zero attached hydrogens (tertiary/aromatic N) is 3. The number of nitriles is 1. The molecule has 0 radical (unpaired) electrons. The van der Waals surface area contributed by atoms with Crippen molar-refractivity contribution in [2.45, 2.75) is 37.5 Å². The fourth-order valence-electron chi connectivity index (χ4n) is 2.42. The highest BCUT2D eigenvalue weighted by Gasteiger charge is 2.42. The van der Waals surface area contributed by atoms with Crippen LogP contribution in [0.3, 0.4) is 0 Å². The van der Waals surface area contributed by atoms with Gasteiger partial charge >= 0.3 is 0 Å². The number of benzene rings is 1. The van der Waals surface area contributed by atoms with Crippen molar-refractivity contribution in [2.24, 2.45) is 5.92 Å². The Hall–Kier alpha value is -2.33. The number of nitrogens with one attached hydrogen (secondary N) is 1. The zero-order valence-electron chi connectivity index (χ0n) is 13.6. The summed E-state index contributed by atoms with van der Waals surface area (Å²) >= 11 is 1.17. The second-order valence-corrected chi connectivity index (χ2v) is 7.09. The van der Waals surface area contributed by atoms with E-state index >= 15 is 0 Å². The predicted octanol–water partition coefficient (Wildman–Crippen LogP) is 2.95. The first-order valence-corrected chi connectivity index (χ1v) is 8.74. The third-order valence-corrected chi connectivity index (χ3v) is 4.88. The average Bonchev–Trinajstić information content (AvgIpc) is 3.33. The molecule has 1 fully saturated rings. The average molecular weight is 342 g/mol. The molecular weight excluding hydrogens is 324 g/mol. The van der Waals surface area contributed by atoms with Crippen molar-refractivity contribution < 1.29 is 9.21 Å². The highest BCUT2D eigenvalue weighted by atomic mass is 32.2. The van der Waals surface area contributed by atoms with Gasteiger partial charge in [0.1, 0.15) is 5.54 Å². The molecule has 1 amide bonds. The van der Waals surface area contributed by atoms with Crippen molar-refractivity contribution >= 4 is 17.7 Å². The maximum Gasteiger partial charge on any atom is 0.277 e. The Morgan fingerprint density at radius 3 is 2.75 bits per heavy atom. The fourth-order valence-corrected chi connectivity index (χ4v) is 2.98. The molecule has 1 aliphatic carbocycles. The van der Waals surface area contributed by atoms with Gasteiger partial charge in [0.2, 0.25) is 11.8 Å². The summed E-state index contributed by atoms with van der Waals surface area (Å²) in [5, 5.41) is 20.4. The van der Waals surface area contributed by atoms with Gasteiger partial charge in [-0.15, -0.1) is 10.2 Å². The van der Waals surface area contributed by atoms with E-state index in [1.807, 2.05) is 31.2 Å². The van der Waals surface area contributed by atoms with Gasteiger partial charge in [0.05, 0.1) is 11.8 Å². The summed E-state index contributed by atoms with van der Waals surface area (Å²) in [4.78, 5) is 12.1. The molecule has 1 aromatic carbocycles. The van der Waals surface area contributed by atoms with Crippen LogP contribution in [0.25, 0.3) is 11.5 Å². The van der Waals surface area contributed by atoms with Crippen LogP contribution in [-0.2, 0) is 4.79 Å². The number of hydrogen-bond donors (Lipinski definition) is 1. The second kappa shape index (κ2) is 6.65. The Kier molecular flexibility index (Phi) is 4.58. The molecule has 3 rings (SSSR count). The molecule has 1 saturated carbocycles. The lowest BCUT2D eigenvalue weighted by molar-refractivity contribution is -0.119. The van der Waals surface area contributed by atoms with Gasteiger partial charge in [0.15, 0.2) is 0 Å². The number of aromatic nitrogens is 2. The topological polar surface area (TPSA) is 91.8 Å². The maximum absolute atomic E-state index is 12.1. The highest BCUT2D eigenvalue weighted by Crippen LogP contribution is 2.39. The predicted molar refractivity (Wildman–Crippen MR) is 90.1 cm³/mol. The maximum atomic E-state index is 12.1. The van der Waals surface area contributed by atoms with Gasteiger partial charge in [-0.3, -0.25) is 4.79 Å². The van der Waals surface area contributed by atoms with E-state index in [1.54, 1.807) is 6.92 Å². The third-order valence-electron chi connectivity index (χ3n) is 4.06. The molecular formula is C17H18N4O2S. The molecule has 0 bridgehead atoms. The van der Waals surface area contributed by atoms with E-state index < -0.39 is 5.54 Å². The van der Waals surface area contributed by atoms with Gasteiger partial charge in [-0.1, -0.05) is 29.5 Å². The van der Waals surface area contributed by atoms with Crippen LogP contribution in [0, 0.1) is 24.2 Å². The Labute approximate surface area is 144 Å². The van der Waals surface area contributed by atoms with Gasteiger partial charge in [0, 0.05) is 5.56 Å². The molecule has 1 aromatic heterocycles. The molecule has 0 spiro atoms. The number of thioether (sulfide) groups is 1. The van der Waals surface area contributed by atoms with Gasteiger partial charge in [-0.25, -0.2) is 0 Å². The van der Waals surface area contributed by atoms with Gasteiger partial charge in [0.25, 0.3) is 5.22 Å². The molecule has 1 unspecified atom stereocenters. The second-order valence-electron chi connectivity index (χ2n) is 6.16. The number of carbonyl (C=O) groups is 1. The van der Waals surface area contributed by atoms with Gasteiger partial charge in [-0.2, -0.15) is 5.26 Å². The van der Waals surface area contributed by atoms with Crippen LogP contribution < -0.4 is 5.32 Å². The molecule has 2 aromatic rings. The molecule has 24 heavy (non-hydrogen) atoms. The minimum atomic E-state index is -0.778. The summed E-state index contributed by atoms with van der Waals surface area (Å²) in [5.41, 5.74) is 1.22. The summed E-state index contributed by atoms with van der Waals surface area (Å²) in [7, 11) is 0. The van der Waals surface area contributed by atoms with Gasteiger partial charge < -0.3 is 9.73 Å². The van der Waals surface area contributed by atoms with E-state index in [2.05, 4.69) is 21.6 Å². The van der Waals surface area contributed by atoms with Crippen LogP contribution in [0.5, 0.6) is 0 Å². The summed E-state index contributed by atoms with van der Waals surface area (Å²) in [6.45, 7) is 3.78. The first kappa shape index (κ1) is 16.5. The van der Waals surface area contributed by atoms with Crippen molar-refractivity contribution in [3.05, 3.63) is 29.8 Å². The van der Waals surface area contributed by atoms with Crippen LogP contribution in [-0.4, -0.2) is 27.4 Å². The Morgan fingerprint density at radius 1 is 1.42 bits per heavy atom. The number of rotatable bonds is 6. The number of carbonyl (C=O) groups excluding carboxylic acids is 1. The van der Waals surface area contributed by atoms with Crippen molar-refractivity contribution in [1.29, 1.82) is 5.26 Å². The lowest BCUT2D eigenvalue weighted by Gasteiger charge is -2.22. The smallest absolute Gasteiger partial charge is 0.277 e. The molecule has 0 aliphatic heterocycles. The summed E-state index contributed by atoms with van der Waals surface area (Å²) in [6.07, 6.45) is 1.97. The number of aryl methyl sites for hydroxylation is 1. The molecule has 7 heteroatoms. The fraction of sp³-hybridized carbons (Fsp3) is 0.412. The summed E-state index contributed by atoms with van der Waals surface area (Å²) in [5.74, 6) is 0.622. The molecule has 1 atom stereocenters. The molecule has 1 heterocycles. The minimum Gasteiger partial charge on any atom is -0.411 e. The Morgan fingerprint density at radius 2 is 2.12 bits per heavy atom. The van der Waals surface area contributed by atoms with E-state index in [-0.39, 0.29) is 17.6 Å². The SMILES string of the molecule is Cc1ccc(-c2nnc(SCC(=O)NC(C)(C#N)C3CC3)o2)cc1. The quantitative estimate of drug-likeness (QED) is 0.812. The molecule has 1 N–H and O–H groups in total. The summed E-state index contributed by atoms with van der Waals surface area (Å²) in [6, 6.07) is 9.98. The van der Waals surface area contributed by atoms with Crippen molar-refractivity contribution in [3.63, 3.8) is 0 Å². The molecule has 6 nitrogen and oxygen atoms in total. The summed E-state index contributed by atoms with van der Waals surface area (Å²) < 4.78 is 5.57. The zero-order valence-corrected chi connectivity index (χ0v) is 14.4. The third kappa shape index (κ3) is 3.77. The van der Waals surface area contributed by atoms with Crippen molar-refractivity contribution in [1.82, 2.24) is 15.5 Å². The van der Waals surface area contributed by atoms with Crippen molar-refractivity contribution in [2.75, 3.05) is 5.75 Å². The molecule has 0 saturated heterocycles. The normalized spacial score (nSPS) is 16.2. The standard InChI is InChI=1S/C17H18N4O2S/c1-11-3-5-12(6-4-11)15-20-21-16(23-15)24-9-14(22)19-17(2,10-18)13-7-8-13/h3-6,13H,7-9H2,1-2H3,(H,19,22). The monoisotopic (exact) mass is 342 g/mol. The number of hydrogen-bond acceptors (Lipinski definition) is 6. The van der Waals surface area contributed by atoms with Gasteiger partial charge in [-0.05, 0) is 44.7 Å². The lowest BCUT2D eigenvalue weighted by atomic mass is 9.98. The molecule has 1 aliphatic rings. The van der Waals surface area contributed by atoms with E-state index in [0.717, 1.165) is 24.0 Å². The van der Waals surface area contributed by atoms with Crippen LogP contribution in [0.15, 0.2) is 33.9 Å². The molecule has 124 valence electrons. The van der Waals surface area contributed by atoms with E-state index in [9.17, 15) is 10.1 Å². The van der Waals surface area contributed by atoms with E-state index in [0.29, 0.717) is 11.1 Å². The lowest BCUT2D eigenvalue weighted by Crippen LogP contribution is -2.47. The highest BCUT2D eigenvalue weighted by molar-refractivity contribution is 7.99. The van der Waals surface area contributed by atoms with Crippen LogP contribution in [0.1, 0.15) is 25.3 Å². The first-order valence-electron chi connectivity index (χ1n) is 7.76. The number of amides is 1. The van der Waals surface area contributed by atoms with E-state index in [4.69, 9.17) is 4.42 Å². The van der Waals surface area contributed by atoms with Crippen LogP contribution in [0.4, 0.5) is 0 Å². The minimum absolute atomic E-state index is 0.138. The largest absolute Gasteiger partial charge is 0.411 e.